The number of hydrogen-bond donors (Lipinski definition) is 1. The second kappa shape index (κ2) is 3.41. The Hall–Kier alpha value is -1.97. The summed E-state index contributed by atoms with van der Waals surface area (Å²) in [6, 6.07) is 7.42. The summed E-state index contributed by atoms with van der Waals surface area (Å²) >= 11 is 0. The van der Waals surface area contributed by atoms with Crippen molar-refractivity contribution in [1.82, 2.24) is 0 Å². The minimum atomic E-state index is -1.37. The van der Waals surface area contributed by atoms with E-state index in [1.54, 1.807) is 12.1 Å². The second-order valence-electron chi connectivity index (χ2n) is 2.81. The van der Waals surface area contributed by atoms with Crippen LogP contribution in [0.15, 0.2) is 36.3 Å². The topological polar surface area (TPSA) is 55.8 Å². The van der Waals surface area contributed by atoms with Gasteiger partial charge in [-0.1, -0.05) is 18.2 Å². The average molecular weight is 192 g/mol. The standard InChI is InChI=1S/C10H8O4/c11-10(12)14-9-6-5-7-3-1-2-4-8(7)13-9/h1-4,6H,5H2,(H,11,12). The molecule has 0 atom stereocenters. The van der Waals surface area contributed by atoms with Crippen LogP contribution >= 0.6 is 0 Å². The van der Waals surface area contributed by atoms with Crippen molar-refractivity contribution in [1.29, 1.82) is 0 Å². The van der Waals surface area contributed by atoms with Crippen LogP contribution in [-0.2, 0) is 11.2 Å². The van der Waals surface area contributed by atoms with Crippen LogP contribution in [-0.4, -0.2) is 11.3 Å². The fourth-order valence-electron chi connectivity index (χ4n) is 1.26. The molecule has 4 heteroatoms. The van der Waals surface area contributed by atoms with Gasteiger partial charge < -0.3 is 14.6 Å². The molecule has 2 rings (SSSR count). The van der Waals surface area contributed by atoms with Crippen molar-refractivity contribution < 1.29 is 19.4 Å². The molecule has 1 aromatic carbocycles. The van der Waals surface area contributed by atoms with E-state index in [4.69, 9.17) is 9.84 Å². The van der Waals surface area contributed by atoms with Gasteiger partial charge >= 0.3 is 6.16 Å². The molecular formula is C10H8O4. The molecule has 0 bridgehead atoms. The van der Waals surface area contributed by atoms with Gasteiger partial charge in [-0.2, -0.15) is 0 Å². The van der Waals surface area contributed by atoms with Gasteiger partial charge in [0.2, 0.25) is 0 Å². The lowest BCUT2D eigenvalue weighted by Gasteiger charge is -2.15. The van der Waals surface area contributed by atoms with Gasteiger partial charge in [0.05, 0.1) is 0 Å². The predicted octanol–water partition coefficient (Wildman–Crippen LogP) is 2.16. The number of allylic oxidation sites excluding steroid dienone is 1. The first kappa shape index (κ1) is 8.62. The number of hydrogen-bond acceptors (Lipinski definition) is 3. The molecule has 0 unspecified atom stereocenters. The summed E-state index contributed by atoms with van der Waals surface area (Å²) in [5.41, 5.74) is 1.02. The molecule has 1 aromatic rings. The number of carboxylic acid groups (broad SMARTS) is 1. The maximum Gasteiger partial charge on any atom is 0.513 e. The number of carbonyl (C=O) groups is 1. The molecule has 1 aliphatic heterocycles. The van der Waals surface area contributed by atoms with Gasteiger partial charge in [-0.05, 0) is 11.6 Å². The third-order valence-electron chi connectivity index (χ3n) is 1.86. The molecule has 0 saturated heterocycles. The summed E-state index contributed by atoms with van der Waals surface area (Å²) in [6.07, 6.45) is 0.852. The molecule has 1 heterocycles. The number of benzene rings is 1. The maximum absolute atomic E-state index is 10.2. The van der Waals surface area contributed by atoms with E-state index in [2.05, 4.69) is 4.74 Å². The quantitative estimate of drug-likeness (QED) is 0.692. The molecule has 0 aromatic heterocycles. The second-order valence-corrected chi connectivity index (χ2v) is 2.81. The van der Waals surface area contributed by atoms with Crippen LogP contribution in [0.2, 0.25) is 0 Å². The van der Waals surface area contributed by atoms with Crippen LogP contribution in [0.1, 0.15) is 5.56 Å². The van der Waals surface area contributed by atoms with Crippen LogP contribution in [0, 0.1) is 0 Å². The molecule has 14 heavy (non-hydrogen) atoms. The van der Waals surface area contributed by atoms with E-state index in [9.17, 15) is 4.79 Å². The highest BCUT2D eigenvalue weighted by molar-refractivity contribution is 5.58. The lowest BCUT2D eigenvalue weighted by molar-refractivity contribution is 0.0802. The van der Waals surface area contributed by atoms with Crippen LogP contribution in [0.3, 0.4) is 0 Å². The lowest BCUT2D eigenvalue weighted by Crippen LogP contribution is -2.10. The summed E-state index contributed by atoms with van der Waals surface area (Å²) in [7, 11) is 0. The highest BCUT2D eigenvalue weighted by Crippen LogP contribution is 2.25. The Kier molecular flexibility index (Phi) is 2.10. The molecule has 0 fully saturated rings. The van der Waals surface area contributed by atoms with Crippen LogP contribution in [0.25, 0.3) is 0 Å². The number of rotatable bonds is 1. The average Bonchev–Trinajstić information content (AvgIpc) is 2.17. The van der Waals surface area contributed by atoms with Crippen LogP contribution < -0.4 is 4.74 Å². The minimum Gasteiger partial charge on any atom is -0.449 e. The normalized spacial score (nSPS) is 13.6. The van der Waals surface area contributed by atoms with Crippen molar-refractivity contribution in [2.24, 2.45) is 0 Å². The van der Waals surface area contributed by atoms with Crippen molar-refractivity contribution in [3.63, 3.8) is 0 Å². The van der Waals surface area contributed by atoms with Crippen LogP contribution in [0.5, 0.6) is 5.75 Å². The van der Waals surface area contributed by atoms with E-state index >= 15 is 0 Å². The summed E-state index contributed by atoms with van der Waals surface area (Å²) < 4.78 is 9.60. The first-order valence-corrected chi connectivity index (χ1v) is 4.12. The zero-order valence-electron chi connectivity index (χ0n) is 7.27. The van der Waals surface area contributed by atoms with Gasteiger partial charge in [0.1, 0.15) is 5.75 Å². The summed E-state index contributed by atoms with van der Waals surface area (Å²) in [5, 5.41) is 8.37. The molecule has 0 aliphatic carbocycles. The van der Waals surface area contributed by atoms with Crippen LogP contribution in [0.4, 0.5) is 4.79 Å². The largest absolute Gasteiger partial charge is 0.513 e. The van der Waals surface area contributed by atoms with Gasteiger partial charge in [0, 0.05) is 12.5 Å². The predicted molar refractivity (Wildman–Crippen MR) is 48.0 cm³/mol. The van der Waals surface area contributed by atoms with E-state index in [-0.39, 0.29) is 5.95 Å². The van der Waals surface area contributed by atoms with E-state index < -0.39 is 6.16 Å². The number of para-hydroxylation sites is 1. The van der Waals surface area contributed by atoms with E-state index in [0.29, 0.717) is 12.2 Å². The zero-order valence-corrected chi connectivity index (χ0v) is 7.27. The van der Waals surface area contributed by atoms with Gasteiger partial charge in [0.15, 0.2) is 0 Å². The third kappa shape index (κ3) is 1.69. The molecule has 72 valence electrons. The van der Waals surface area contributed by atoms with Crippen molar-refractivity contribution in [3.05, 3.63) is 41.9 Å². The van der Waals surface area contributed by atoms with Crippen molar-refractivity contribution in [2.75, 3.05) is 0 Å². The first-order valence-electron chi connectivity index (χ1n) is 4.12. The summed E-state index contributed by atoms with van der Waals surface area (Å²) in [6.45, 7) is 0. The Morgan fingerprint density at radius 2 is 2.21 bits per heavy atom. The summed E-state index contributed by atoms with van der Waals surface area (Å²) in [4.78, 5) is 10.2. The fraction of sp³-hybridized carbons (Fsp3) is 0.100. The molecular weight excluding hydrogens is 184 g/mol. The smallest absolute Gasteiger partial charge is 0.449 e. The molecule has 0 radical (unpaired) electrons. The maximum atomic E-state index is 10.2. The van der Waals surface area contributed by atoms with Gasteiger partial charge in [-0.15, -0.1) is 0 Å². The Balaban J connectivity index is 2.17. The molecule has 0 amide bonds. The molecule has 1 aliphatic rings. The number of fused-ring (bicyclic) bond motifs is 1. The zero-order chi connectivity index (χ0) is 9.97. The van der Waals surface area contributed by atoms with Crippen molar-refractivity contribution >= 4 is 6.16 Å². The van der Waals surface area contributed by atoms with E-state index in [0.717, 1.165) is 5.56 Å². The van der Waals surface area contributed by atoms with Gasteiger partial charge in [0.25, 0.3) is 5.95 Å². The van der Waals surface area contributed by atoms with E-state index in [1.807, 2.05) is 18.2 Å². The molecule has 0 spiro atoms. The number of ether oxygens (including phenoxy) is 2. The van der Waals surface area contributed by atoms with E-state index in [1.165, 1.54) is 0 Å². The Bertz CT molecular complexity index is 395. The van der Waals surface area contributed by atoms with Crippen molar-refractivity contribution in [2.45, 2.75) is 6.42 Å². The SMILES string of the molecule is O=C(O)OC1=CCc2ccccc2O1. The molecule has 4 nitrogen and oxygen atoms in total. The fourth-order valence-corrected chi connectivity index (χ4v) is 1.26. The first-order chi connectivity index (χ1) is 6.75. The summed E-state index contributed by atoms with van der Waals surface area (Å²) in [5.74, 6) is 0.669. The minimum absolute atomic E-state index is 0.0243. The van der Waals surface area contributed by atoms with Gasteiger partial charge in [-0.25, -0.2) is 4.79 Å². The highest BCUT2D eigenvalue weighted by atomic mass is 16.7. The van der Waals surface area contributed by atoms with Gasteiger partial charge in [-0.3, -0.25) is 0 Å². The monoisotopic (exact) mass is 192 g/mol. The third-order valence-corrected chi connectivity index (χ3v) is 1.86. The van der Waals surface area contributed by atoms with Crippen molar-refractivity contribution in [3.8, 4) is 5.75 Å². The Morgan fingerprint density at radius 1 is 1.43 bits per heavy atom. The highest BCUT2D eigenvalue weighted by Gasteiger charge is 2.14. The molecule has 0 saturated carbocycles. The Morgan fingerprint density at radius 3 is 3.00 bits per heavy atom. The lowest BCUT2D eigenvalue weighted by atomic mass is 10.1. The Labute approximate surface area is 80.4 Å². The molecule has 1 N–H and O–H groups in total.